The number of hydrogen-bond donors (Lipinski definition) is 2. The minimum Gasteiger partial charge on any atom is -0.328 e. The normalized spacial score (nSPS) is 15.6. The summed E-state index contributed by atoms with van der Waals surface area (Å²) in [6.07, 6.45) is 9.58. The van der Waals surface area contributed by atoms with Gasteiger partial charge in [0.25, 0.3) is 0 Å². The second-order valence-electron chi connectivity index (χ2n) is 6.75. The van der Waals surface area contributed by atoms with E-state index in [2.05, 4.69) is 35.5 Å². The van der Waals surface area contributed by atoms with E-state index in [0.29, 0.717) is 11.7 Å². The molecule has 0 spiro atoms. The van der Waals surface area contributed by atoms with Crippen LogP contribution >= 0.6 is 0 Å². The third-order valence-electron chi connectivity index (χ3n) is 4.84. The summed E-state index contributed by atoms with van der Waals surface area (Å²) >= 11 is 0. The van der Waals surface area contributed by atoms with Gasteiger partial charge < -0.3 is 15.2 Å². The Bertz CT molecular complexity index is 898. The van der Waals surface area contributed by atoms with Crippen molar-refractivity contribution >= 4 is 11.7 Å². The Balaban J connectivity index is 1.41. The lowest BCUT2D eigenvalue weighted by Gasteiger charge is -2.19. The molecule has 140 valence electrons. The number of benzene rings is 1. The molecule has 2 heterocycles. The molecule has 1 saturated carbocycles. The van der Waals surface area contributed by atoms with E-state index >= 15 is 0 Å². The van der Waals surface area contributed by atoms with E-state index in [-0.39, 0.29) is 12.1 Å². The van der Waals surface area contributed by atoms with Gasteiger partial charge in [0.2, 0.25) is 0 Å². The average Bonchev–Trinajstić information content (AvgIpc) is 3.43. The lowest BCUT2D eigenvalue weighted by atomic mass is 10.2. The highest BCUT2D eigenvalue weighted by atomic mass is 16.2. The number of rotatable bonds is 5. The monoisotopic (exact) mass is 366 g/mol. The fourth-order valence-electron chi connectivity index (χ4n) is 3.52. The Morgan fingerprint density at radius 3 is 2.89 bits per heavy atom. The second-order valence-corrected chi connectivity index (χ2v) is 6.75. The van der Waals surface area contributed by atoms with Crippen molar-refractivity contribution in [3.63, 3.8) is 0 Å². The molecule has 1 atom stereocenters. The number of nitrogens with one attached hydrogen (secondary N) is 2. The van der Waals surface area contributed by atoms with Crippen molar-refractivity contribution < 1.29 is 4.79 Å². The zero-order chi connectivity index (χ0) is 18.6. The van der Waals surface area contributed by atoms with Crippen LogP contribution in [-0.2, 0) is 0 Å². The summed E-state index contributed by atoms with van der Waals surface area (Å²) in [5, 5.41) is 18.2. The van der Waals surface area contributed by atoms with E-state index in [1.54, 1.807) is 17.3 Å². The summed E-state index contributed by atoms with van der Waals surface area (Å²) in [4.78, 5) is 16.4. The summed E-state index contributed by atoms with van der Waals surface area (Å²) < 4.78 is 3.74. The van der Waals surface area contributed by atoms with Gasteiger partial charge in [0, 0.05) is 11.7 Å². The fourth-order valence-corrected chi connectivity index (χ4v) is 3.52. The third kappa shape index (κ3) is 3.81. The molecule has 0 radical (unpaired) electrons. The molecule has 1 aromatic carbocycles. The Hall–Kier alpha value is -3.23. The van der Waals surface area contributed by atoms with Crippen molar-refractivity contribution in [2.45, 2.75) is 44.7 Å². The minimum atomic E-state index is -0.292. The van der Waals surface area contributed by atoms with Crippen LogP contribution in [-0.4, -0.2) is 35.6 Å². The number of nitrogens with zero attached hydrogens (tertiary/aromatic N) is 6. The standard InChI is InChI=1S/C18H22N8O/c1-13(17-24-20-12-25(17)15-6-2-3-7-15)22-18(27)23-14-5-4-8-16(9-14)26-11-19-10-21-26/h4-5,8-13,15H,2-3,6-7H2,1H3,(H2,22,23,27). The van der Waals surface area contributed by atoms with E-state index in [9.17, 15) is 4.79 Å². The van der Waals surface area contributed by atoms with Crippen LogP contribution in [0.5, 0.6) is 0 Å². The topological polar surface area (TPSA) is 103 Å². The van der Waals surface area contributed by atoms with Gasteiger partial charge in [-0.15, -0.1) is 10.2 Å². The van der Waals surface area contributed by atoms with Gasteiger partial charge >= 0.3 is 6.03 Å². The number of urea groups is 1. The fraction of sp³-hybridized carbons (Fsp3) is 0.389. The maximum Gasteiger partial charge on any atom is 0.319 e. The lowest BCUT2D eigenvalue weighted by molar-refractivity contribution is 0.248. The van der Waals surface area contributed by atoms with Crippen LogP contribution in [0.1, 0.15) is 50.5 Å². The molecule has 0 aliphatic heterocycles. The predicted molar refractivity (Wildman–Crippen MR) is 99.5 cm³/mol. The molecular formula is C18H22N8O. The van der Waals surface area contributed by atoms with Crippen molar-refractivity contribution in [1.29, 1.82) is 0 Å². The van der Waals surface area contributed by atoms with Crippen molar-refractivity contribution in [2.24, 2.45) is 0 Å². The minimum absolute atomic E-state index is 0.244. The molecule has 3 aromatic rings. The van der Waals surface area contributed by atoms with Crippen molar-refractivity contribution in [2.75, 3.05) is 5.32 Å². The summed E-state index contributed by atoms with van der Waals surface area (Å²) in [6.45, 7) is 1.92. The van der Waals surface area contributed by atoms with Crippen molar-refractivity contribution in [1.82, 2.24) is 34.8 Å². The molecule has 0 saturated heterocycles. The van der Waals surface area contributed by atoms with Gasteiger partial charge in [0.1, 0.15) is 19.0 Å². The number of hydrogen-bond acceptors (Lipinski definition) is 5. The maximum atomic E-state index is 12.4. The second kappa shape index (κ2) is 7.56. The van der Waals surface area contributed by atoms with Gasteiger partial charge in [-0.25, -0.2) is 14.5 Å². The quantitative estimate of drug-likeness (QED) is 0.723. The Labute approximate surface area is 156 Å². The van der Waals surface area contributed by atoms with Crippen LogP contribution in [0.3, 0.4) is 0 Å². The van der Waals surface area contributed by atoms with Gasteiger partial charge in [-0.05, 0) is 38.0 Å². The zero-order valence-electron chi connectivity index (χ0n) is 15.1. The highest BCUT2D eigenvalue weighted by molar-refractivity contribution is 5.89. The SMILES string of the molecule is CC(NC(=O)Nc1cccc(-n2cncn2)c1)c1nncn1C1CCCC1. The smallest absolute Gasteiger partial charge is 0.319 e. The van der Waals surface area contributed by atoms with Gasteiger partial charge in [0.05, 0.1) is 11.7 Å². The summed E-state index contributed by atoms with van der Waals surface area (Å²) in [6, 6.07) is 7.30. The molecule has 0 bridgehead atoms. The highest BCUT2D eigenvalue weighted by Gasteiger charge is 2.23. The molecule has 2 aromatic heterocycles. The molecule has 2 N–H and O–H groups in total. The van der Waals surface area contributed by atoms with Crippen LogP contribution in [0.2, 0.25) is 0 Å². The van der Waals surface area contributed by atoms with Crippen LogP contribution < -0.4 is 10.6 Å². The first-order valence-electron chi connectivity index (χ1n) is 9.12. The Morgan fingerprint density at radius 2 is 2.11 bits per heavy atom. The summed E-state index contributed by atoms with van der Waals surface area (Å²) in [7, 11) is 0. The highest BCUT2D eigenvalue weighted by Crippen LogP contribution is 2.31. The van der Waals surface area contributed by atoms with Crippen LogP contribution in [0.15, 0.2) is 43.2 Å². The first-order valence-corrected chi connectivity index (χ1v) is 9.12. The lowest BCUT2D eigenvalue weighted by Crippen LogP contribution is -2.33. The molecule has 9 nitrogen and oxygen atoms in total. The van der Waals surface area contributed by atoms with Gasteiger partial charge in [-0.1, -0.05) is 18.9 Å². The van der Waals surface area contributed by atoms with E-state index < -0.39 is 0 Å². The van der Waals surface area contributed by atoms with E-state index in [1.807, 2.05) is 31.2 Å². The van der Waals surface area contributed by atoms with Crippen molar-refractivity contribution in [3.8, 4) is 5.69 Å². The Kier molecular flexibility index (Phi) is 4.82. The predicted octanol–water partition coefficient (Wildman–Crippen LogP) is 2.86. The molecule has 1 aliphatic carbocycles. The number of carbonyl (C=O) groups excluding carboxylic acids is 1. The molecule has 9 heteroatoms. The molecule has 4 rings (SSSR count). The van der Waals surface area contributed by atoms with Crippen LogP contribution in [0.25, 0.3) is 5.69 Å². The number of aromatic nitrogens is 6. The molecule has 1 aliphatic rings. The van der Waals surface area contributed by atoms with Crippen molar-refractivity contribution in [3.05, 3.63) is 49.1 Å². The largest absolute Gasteiger partial charge is 0.328 e. The first-order chi connectivity index (χ1) is 13.2. The number of carbonyl (C=O) groups is 1. The molecule has 27 heavy (non-hydrogen) atoms. The molecule has 1 fully saturated rings. The van der Waals surface area contributed by atoms with Gasteiger partial charge in [-0.2, -0.15) is 5.10 Å². The van der Waals surface area contributed by atoms with Gasteiger partial charge in [-0.3, -0.25) is 0 Å². The number of anilines is 1. The van der Waals surface area contributed by atoms with E-state index in [1.165, 1.54) is 19.2 Å². The van der Waals surface area contributed by atoms with Crippen LogP contribution in [0.4, 0.5) is 10.5 Å². The van der Waals surface area contributed by atoms with E-state index in [0.717, 1.165) is 24.4 Å². The maximum absolute atomic E-state index is 12.4. The van der Waals surface area contributed by atoms with Crippen LogP contribution in [0, 0.1) is 0 Å². The Morgan fingerprint density at radius 1 is 1.26 bits per heavy atom. The van der Waals surface area contributed by atoms with E-state index in [4.69, 9.17) is 0 Å². The molecule has 2 amide bonds. The third-order valence-corrected chi connectivity index (χ3v) is 4.84. The average molecular weight is 366 g/mol. The molecular weight excluding hydrogens is 344 g/mol. The number of amides is 2. The van der Waals surface area contributed by atoms with Gasteiger partial charge in [0.15, 0.2) is 5.82 Å². The summed E-state index contributed by atoms with van der Waals surface area (Å²) in [5.74, 6) is 0.786. The zero-order valence-corrected chi connectivity index (χ0v) is 15.1. The summed E-state index contributed by atoms with van der Waals surface area (Å²) in [5.41, 5.74) is 1.49. The first kappa shape index (κ1) is 17.2. The molecule has 1 unspecified atom stereocenters.